The molecule has 0 heterocycles. The summed E-state index contributed by atoms with van der Waals surface area (Å²) in [6, 6.07) is 12.7. The van der Waals surface area contributed by atoms with Crippen molar-refractivity contribution in [2.24, 2.45) is 5.92 Å². The Morgan fingerprint density at radius 1 is 1.19 bits per heavy atom. The molecular formula is C19H32N2. The zero-order valence-electron chi connectivity index (χ0n) is 14.2. The van der Waals surface area contributed by atoms with E-state index in [9.17, 15) is 0 Å². The SMILES string of the molecule is CCCNC(c1ccccc1)C(CC)N(C)C(C)C1CC1. The Labute approximate surface area is 130 Å². The number of benzene rings is 1. The van der Waals surface area contributed by atoms with Crippen LogP contribution in [-0.4, -0.2) is 30.6 Å². The van der Waals surface area contributed by atoms with Crippen LogP contribution < -0.4 is 5.32 Å². The molecule has 1 aliphatic carbocycles. The molecule has 2 heteroatoms. The van der Waals surface area contributed by atoms with Crippen molar-refractivity contribution in [1.82, 2.24) is 10.2 Å². The van der Waals surface area contributed by atoms with Gasteiger partial charge in [0.15, 0.2) is 0 Å². The van der Waals surface area contributed by atoms with Gasteiger partial charge in [-0.15, -0.1) is 0 Å². The summed E-state index contributed by atoms with van der Waals surface area (Å²) in [6.45, 7) is 8.06. The van der Waals surface area contributed by atoms with E-state index in [1.54, 1.807) is 0 Å². The second kappa shape index (κ2) is 7.95. The molecule has 0 spiro atoms. The highest BCUT2D eigenvalue weighted by Gasteiger charge is 2.35. The van der Waals surface area contributed by atoms with Crippen LogP contribution in [0.2, 0.25) is 0 Å². The molecule has 3 atom stereocenters. The topological polar surface area (TPSA) is 15.3 Å². The van der Waals surface area contributed by atoms with Gasteiger partial charge in [-0.2, -0.15) is 0 Å². The quantitative estimate of drug-likeness (QED) is 0.731. The van der Waals surface area contributed by atoms with E-state index in [0.29, 0.717) is 18.1 Å². The van der Waals surface area contributed by atoms with Crippen molar-refractivity contribution in [3.05, 3.63) is 35.9 Å². The molecule has 1 aliphatic rings. The Bertz CT molecular complexity index is 399. The molecule has 118 valence electrons. The van der Waals surface area contributed by atoms with E-state index in [1.807, 2.05) is 0 Å². The lowest BCUT2D eigenvalue weighted by Gasteiger charge is -2.38. The number of hydrogen-bond donors (Lipinski definition) is 1. The molecule has 0 aliphatic heterocycles. The average Bonchev–Trinajstić information content (AvgIpc) is 3.36. The van der Waals surface area contributed by atoms with Crippen LogP contribution in [0, 0.1) is 5.92 Å². The first-order chi connectivity index (χ1) is 10.2. The molecule has 1 saturated carbocycles. The fraction of sp³-hybridized carbons (Fsp3) is 0.684. The van der Waals surface area contributed by atoms with E-state index < -0.39 is 0 Å². The molecule has 0 aromatic heterocycles. The highest BCUT2D eigenvalue weighted by Crippen LogP contribution is 2.37. The Hall–Kier alpha value is -0.860. The Morgan fingerprint density at radius 3 is 2.38 bits per heavy atom. The van der Waals surface area contributed by atoms with Gasteiger partial charge in [-0.1, -0.05) is 44.2 Å². The van der Waals surface area contributed by atoms with Crippen molar-refractivity contribution in [2.75, 3.05) is 13.6 Å². The van der Waals surface area contributed by atoms with Crippen LogP contribution in [0.1, 0.15) is 58.1 Å². The van der Waals surface area contributed by atoms with Crippen LogP contribution in [0.15, 0.2) is 30.3 Å². The number of hydrogen-bond acceptors (Lipinski definition) is 2. The van der Waals surface area contributed by atoms with Gasteiger partial charge in [-0.05, 0) is 57.7 Å². The van der Waals surface area contributed by atoms with E-state index in [-0.39, 0.29) is 0 Å². The zero-order valence-corrected chi connectivity index (χ0v) is 14.2. The van der Waals surface area contributed by atoms with E-state index in [0.717, 1.165) is 12.5 Å². The molecule has 3 unspecified atom stereocenters. The second-order valence-corrected chi connectivity index (χ2v) is 6.56. The van der Waals surface area contributed by atoms with Crippen LogP contribution in [0.5, 0.6) is 0 Å². The van der Waals surface area contributed by atoms with Crippen LogP contribution in [-0.2, 0) is 0 Å². The van der Waals surface area contributed by atoms with Gasteiger partial charge in [0.05, 0.1) is 0 Å². The summed E-state index contributed by atoms with van der Waals surface area (Å²) in [7, 11) is 2.32. The molecule has 21 heavy (non-hydrogen) atoms. The van der Waals surface area contributed by atoms with E-state index in [2.05, 4.69) is 68.4 Å². The molecule has 1 aromatic rings. The molecule has 2 nitrogen and oxygen atoms in total. The molecule has 0 saturated heterocycles. The minimum atomic E-state index is 0.433. The maximum absolute atomic E-state index is 3.79. The smallest absolute Gasteiger partial charge is 0.0478 e. The van der Waals surface area contributed by atoms with Crippen molar-refractivity contribution >= 4 is 0 Å². The third kappa shape index (κ3) is 4.31. The van der Waals surface area contributed by atoms with Crippen molar-refractivity contribution in [3.63, 3.8) is 0 Å². The van der Waals surface area contributed by atoms with E-state index in [4.69, 9.17) is 0 Å². The molecule has 2 rings (SSSR count). The van der Waals surface area contributed by atoms with Gasteiger partial charge >= 0.3 is 0 Å². The maximum atomic E-state index is 3.79. The van der Waals surface area contributed by atoms with Crippen LogP contribution in [0.25, 0.3) is 0 Å². The third-order valence-electron chi connectivity index (χ3n) is 5.05. The first-order valence-electron chi connectivity index (χ1n) is 8.69. The minimum absolute atomic E-state index is 0.433. The van der Waals surface area contributed by atoms with Gasteiger partial charge in [-0.3, -0.25) is 4.90 Å². The van der Waals surface area contributed by atoms with Gasteiger partial charge in [-0.25, -0.2) is 0 Å². The van der Waals surface area contributed by atoms with E-state index in [1.165, 1.54) is 31.2 Å². The molecule has 0 amide bonds. The largest absolute Gasteiger partial charge is 0.309 e. The van der Waals surface area contributed by atoms with Crippen molar-refractivity contribution in [2.45, 2.75) is 64.6 Å². The van der Waals surface area contributed by atoms with Crippen molar-refractivity contribution in [1.29, 1.82) is 0 Å². The molecular weight excluding hydrogens is 256 g/mol. The molecule has 0 bridgehead atoms. The van der Waals surface area contributed by atoms with Gasteiger partial charge in [0.2, 0.25) is 0 Å². The summed E-state index contributed by atoms with van der Waals surface area (Å²) in [5, 5.41) is 3.79. The Kier molecular flexibility index (Phi) is 6.25. The summed E-state index contributed by atoms with van der Waals surface area (Å²) in [4.78, 5) is 2.62. The third-order valence-corrected chi connectivity index (χ3v) is 5.05. The number of nitrogens with zero attached hydrogens (tertiary/aromatic N) is 1. The van der Waals surface area contributed by atoms with E-state index >= 15 is 0 Å². The minimum Gasteiger partial charge on any atom is -0.309 e. The number of nitrogens with one attached hydrogen (secondary N) is 1. The standard InChI is InChI=1S/C19H32N2/c1-5-14-20-19(17-10-8-7-9-11-17)18(6-2)21(4)15(3)16-12-13-16/h7-11,15-16,18-20H,5-6,12-14H2,1-4H3. The second-order valence-electron chi connectivity index (χ2n) is 6.56. The lowest BCUT2D eigenvalue weighted by Crippen LogP contribution is -2.47. The van der Waals surface area contributed by atoms with Gasteiger partial charge in [0.1, 0.15) is 0 Å². The maximum Gasteiger partial charge on any atom is 0.0478 e. The first-order valence-corrected chi connectivity index (χ1v) is 8.69. The summed E-state index contributed by atoms with van der Waals surface area (Å²) in [5.41, 5.74) is 1.42. The summed E-state index contributed by atoms with van der Waals surface area (Å²) < 4.78 is 0. The monoisotopic (exact) mass is 288 g/mol. The summed E-state index contributed by atoms with van der Waals surface area (Å²) in [6.07, 6.45) is 5.20. The fourth-order valence-electron chi connectivity index (χ4n) is 3.41. The zero-order chi connectivity index (χ0) is 15.2. The van der Waals surface area contributed by atoms with Gasteiger partial charge in [0.25, 0.3) is 0 Å². The molecule has 1 aromatic carbocycles. The van der Waals surface area contributed by atoms with Crippen LogP contribution in [0.4, 0.5) is 0 Å². The Balaban J connectivity index is 2.15. The summed E-state index contributed by atoms with van der Waals surface area (Å²) in [5.74, 6) is 0.923. The molecule has 1 fully saturated rings. The molecule has 0 radical (unpaired) electrons. The van der Waals surface area contributed by atoms with Crippen molar-refractivity contribution < 1.29 is 0 Å². The fourth-order valence-corrected chi connectivity index (χ4v) is 3.41. The normalized spacial score (nSPS) is 19.5. The lowest BCUT2D eigenvalue weighted by molar-refractivity contribution is 0.128. The van der Waals surface area contributed by atoms with Gasteiger partial charge < -0.3 is 5.32 Å². The van der Waals surface area contributed by atoms with Gasteiger partial charge in [0, 0.05) is 18.1 Å². The Morgan fingerprint density at radius 2 is 1.86 bits per heavy atom. The lowest BCUT2D eigenvalue weighted by atomic mass is 9.94. The molecule has 1 N–H and O–H groups in total. The predicted octanol–water partition coefficient (Wildman–Crippen LogP) is 4.24. The highest BCUT2D eigenvalue weighted by atomic mass is 15.2. The first kappa shape index (κ1) is 16.5. The predicted molar refractivity (Wildman–Crippen MR) is 91.5 cm³/mol. The van der Waals surface area contributed by atoms with Crippen LogP contribution in [0.3, 0.4) is 0 Å². The number of rotatable bonds is 9. The van der Waals surface area contributed by atoms with Crippen LogP contribution >= 0.6 is 0 Å². The van der Waals surface area contributed by atoms with Crippen molar-refractivity contribution in [3.8, 4) is 0 Å². The highest BCUT2D eigenvalue weighted by molar-refractivity contribution is 5.21. The number of likely N-dealkylation sites (N-methyl/N-ethyl adjacent to an activating group) is 1. The average molecular weight is 288 g/mol. The summed E-state index contributed by atoms with van der Waals surface area (Å²) >= 11 is 0.